The van der Waals surface area contributed by atoms with Crippen LogP contribution in [-0.2, 0) is 0 Å². The lowest BCUT2D eigenvalue weighted by Crippen LogP contribution is -2.11. The van der Waals surface area contributed by atoms with Crippen molar-refractivity contribution < 1.29 is 0 Å². The highest BCUT2D eigenvalue weighted by Gasteiger charge is 2.04. The van der Waals surface area contributed by atoms with Gasteiger partial charge in [-0.25, -0.2) is 0 Å². The maximum atomic E-state index is 8.57. The summed E-state index contributed by atoms with van der Waals surface area (Å²) in [7, 11) is 1.65. The Bertz CT molecular complexity index is 309. The maximum Gasteiger partial charge on any atom is 0.185 e. The molecule has 1 aromatic rings. The van der Waals surface area contributed by atoms with Crippen LogP contribution in [0.3, 0.4) is 0 Å². The average Bonchev–Trinajstić information content (AvgIpc) is 2.17. The monoisotopic (exact) mass is 176 g/mol. The van der Waals surface area contributed by atoms with Gasteiger partial charge in [-0.2, -0.15) is 10.4 Å². The van der Waals surface area contributed by atoms with Gasteiger partial charge in [-0.1, -0.05) is 13.8 Å². The van der Waals surface area contributed by atoms with Crippen LogP contribution in [0.15, 0.2) is 12.1 Å². The number of rotatable bonds is 2. The predicted molar refractivity (Wildman–Crippen MR) is 50.1 cm³/mol. The molecule has 0 aliphatic carbocycles. The van der Waals surface area contributed by atoms with E-state index in [9.17, 15) is 0 Å². The van der Waals surface area contributed by atoms with Crippen LogP contribution in [0.5, 0.6) is 0 Å². The molecule has 0 aromatic carbocycles. The van der Waals surface area contributed by atoms with Crippen molar-refractivity contribution in [1.29, 1.82) is 5.26 Å². The molecule has 13 heavy (non-hydrogen) atoms. The van der Waals surface area contributed by atoms with Crippen LogP contribution in [0.2, 0.25) is 0 Å². The Morgan fingerprint density at radius 3 is 2.46 bits per heavy atom. The van der Waals surface area contributed by atoms with Crippen molar-refractivity contribution in [1.82, 2.24) is 10.2 Å². The standard InChI is InChI=1S/C9H12N4/c1-7(2)8-4-5-9(12-11-8)13(3)6-10/h4-5,7H,1-3H3. The van der Waals surface area contributed by atoms with Crippen molar-refractivity contribution in [3.05, 3.63) is 17.8 Å². The van der Waals surface area contributed by atoms with Crippen LogP contribution in [0.1, 0.15) is 25.5 Å². The second-order valence-corrected chi connectivity index (χ2v) is 3.13. The van der Waals surface area contributed by atoms with E-state index < -0.39 is 0 Å². The molecule has 4 nitrogen and oxygen atoms in total. The highest BCUT2D eigenvalue weighted by atomic mass is 15.2. The second-order valence-electron chi connectivity index (χ2n) is 3.13. The Morgan fingerprint density at radius 2 is 2.08 bits per heavy atom. The minimum absolute atomic E-state index is 0.369. The number of nitriles is 1. The largest absolute Gasteiger partial charge is 0.265 e. The van der Waals surface area contributed by atoms with Gasteiger partial charge in [0.1, 0.15) is 0 Å². The first kappa shape index (κ1) is 9.46. The van der Waals surface area contributed by atoms with E-state index in [0.29, 0.717) is 11.7 Å². The average molecular weight is 176 g/mol. The summed E-state index contributed by atoms with van der Waals surface area (Å²) in [6.45, 7) is 4.11. The van der Waals surface area contributed by atoms with E-state index in [-0.39, 0.29) is 0 Å². The van der Waals surface area contributed by atoms with Gasteiger partial charge in [0.2, 0.25) is 0 Å². The second kappa shape index (κ2) is 3.85. The molecule has 0 fully saturated rings. The van der Waals surface area contributed by atoms with E-state index in [1.54, 1.807) is 13.1 Å². The fourth-order valence-electron chi connectivity index (χ4n) is 0.874. The summed E-state index contributed by atoms with van der Waals surface area (Å²) in [5, 5.41) is 16.5. The van der Waals surface area contributed by atoms with Crippen molar-refractivity contribution in [3.63, 3.8) is 0 Å². The highest BCUT2D eigenvalue weighted by Crippen LogP contribution is 2.12. The van der Waals surface area contributed by atoms with Crippen molar-refractivity contribution in [3.8, 4) is 6.19 Å². The molecule has 0 N–H and O–H groups in total. The number of hydrogen-bond acceptors (Lipinski definition) is 4. The third-order valence-electron chi connectivity index (χ3n) is 1.76. The van der Waals surface area contributed by atoms with Gasteiger partial charge in [0, 0.05) is 7.05 Å². The van der Waals surface area contributed by atoms with Crippen LogP contribution >= 0.6 is 0 Å². The highest BCUT2D eigenvalue weighted by molar-refractivity contribution is 5.40. The molecule has 0 aliphatic heterocycles. The smallest absolute Gasteiger partial charge is 0.185 e. The summed E-state index contributed by atoms with van der Waals surface area (Å²) in [5.74, 6) is 0.945. The Balaban J connectivity index is 2.89. The Morgan fingerprint density at radius 1 is 1.38 bits per heavy atom. The third kappa shape index (κ3) is 2.15. The minimum Gasteiger partial charge on any atom is -0.265 e. The number of nitrogens with zero attached hydrogens (tertiary/aromatic N) is 4. The van der Waals surface area contributed by atoms with Crippen molar-refractivity contribution in [2.24, 2.45) is 0 Å². The molecule has 68 valence electrons. The van der Waals surface area contributed by atoms with E-state index in [4.69, 9.17) is 5.26 Å². The van der Waals surface area contributed by atoms with Crippen LogP contribution in [0.25, 0.3) is 0 Å². The molecular formula is C9H12N4. The van der Waals surface area contributed by atoms with Gasteiger partial charge in [0.25, 0.3) is 0 Å². The molecule has 4 heteroatoms. The molecule has 0 atom stereocenters. The van der Waals surface area contributed by atoms with Crippen LogP contribution in [-0.4, -0.2) is 17.2 Å². The zero-order valence-corrected chi connectivity index (χ0v) is 8.02. The van der Waals surface area contributed by atoms with Crippen molar-refractivity contribution in [2.45, 2.75) is 19.8 Å². The SMILES string of the molecule is CC(C)c1ccc(N(C)C#N)nn1. The molecule has 0 unspecified atom stereocenters. The van der Waals surface area contributed by atoms with Crippen LogP contribution < -0.4 is 4.90 Å². The van der Waals surface area contributed by atoms with Gasteiger partial charge in [-0.15, -0.1) is 5.10 Å². The van der Waals surface area contributed by atoms with E-state index in [1.165, 1.54) is 4.90 Å². The quantitative estimate of drug-likeness (QED) is 0.506. The molecule has 1 aromatic heterocycles. The van der Waals surface area contributed by atoms with Crippen LogP contribution in [0, 0.1) is 11.5 Å². The van der Waals surface area contributed by atoms with Gasteiger partial charge in [-0.05, 0) is 18.1 Å². The van der Waals surface area contributed by atoms with Crippen LogP contribution in [0.4, 0.5) is 5.82 Å². The number of aromatic nitrogens is 2. The fraction of sp³-hybridized carbons (Fsp3) is 0.444. The third-order valence-corrected chi connectivity index (χ3v) is 1.76. The maximum absolute atomic E-state index is 8.57. The topological polar surface area (TPSA) is 52.8 Å². The van der Waals surface area contributed by atoms with E-state index in [1.807, 2.05) is 12.3 Å². The van der Waals surface area contributed by atoms with Gasteiger partial charge >= 0.3 is 0 Å². The fourth-order valence-corrected chi connectivity index (χ4v) is 0.874. The zero-order chi connectivity index (χ0) is 9.84. The Hall–Kier alpha value is -1.63. The molecule has 0 saturated carbocycles. The van der Waals surface area contributed by atoms with Gasteiger partial charge in [-0.3, -0.25) is 4.90 Å². The van der Waals surface area contributed by atoms with E-state index >= 15 is 0 Å². The molecule has 0 radical (unpaired) electrons. The summed E-state index contributed by atoms with van der Waals surface area (Å²) >= 11 is 0. The van der Waals surface area contributed by atoms with E-state index in [2.05, 4.69) is 24.0 Å². The normalized spacial score (nSPS) is 9.77. The molecule has 0 saturated heterocycles. The number of hydrogen-bond donors (Lipinski definition) is 0. The van der Waals surface area contributed by atoms with Gasteiger partial charge in [0.05, 0.1) is 5.69 Å². The zero-order valence-electron chi connectivity index (χ0n) is 8.02. The van der Waals surface area contributed by atoms with Gasteiger partial charge in [0.15, 0.2) is 12.0 Å². The molecule has 0 amide bonds. The first-order valence-corrected chi connectivity index (χ1v) is 4.12. The Kier molecular flexibility index (Phi) is 2.80. The molecule has 0 spiro atoms. The number of anilines is 1. The van der Waals surface area contributed by atoms with Crippen molar-refractivity contribution in [2.75, 3.05) is 11.9 Å². The lowest BCUT2D eigenvalue weighted by Gasteiger charge is -2.07. The summed E-state index contributed by atoms with van der Waals surface area (Å²) in [6, 6.07) is 3.69. The first-order valence-electron chi connectivity index (χ1n) is 4.12. The van der Waals surface area contributed by atoms with E-state index in [0.717, 1.165) is 5.69 Å². The summed E-state index contributed by atoms with van der Waals surface area (Å²) in [5.41, 5.74) is 0.940. The molecule has 0 aliphatic rings. The Labute approximate surface area is 77.8 Å². The molecular weight excluding hydrogens is 164 g/mol. The summed E-state index contributed by atoms with van der Waals surface area (Å²) < 4.78 is 0. The lowest BCUT2D eigenvalue weighted by atomic mass is 10.1. The lowest BCUT2D eigenvalue weighted by molar-refractivity contribution is 0.783. The first-order chi connectivity index (χ1) is 6.15. The molecule has 1 heterocycles. The van der Waals surface area contributed by atoms with Gasteiger partial charge < -0.3 is 0 Å². The minimum atomic E-state index is 0.369. The van der Waals surface area contributed by atoms with Crippen molar-refractivity contribution >= 4 is 5.82 Å². The molecule has 0 bridgehead atoms. The molecule has 1 rings (SSSR count). The summed E-state index contributed by atoms with van der Waals surface area (Å²) in [4.78, 5) is 1.37. The summed E-state index contributed by atoms with van der Waals surface area (Å²) in [6.07, 6.45) is 1.96. The predicted octanol–water partition coefficient (Wildman–Crippen LogP) is 1.52.